The summed E-state index contributed by atoms with van der Waals surface area (Å²) in [7, 11) is 0. The monoisotopic (exact) mass is 501 g/mol. The number of benzene rings is 2. The Morgan fingerprint density at radius 1 is 1.09 bits per heavy atom. The van der Waals surface area contributed by atoms with Crippen LogP contribution >= 0.6 is 15.9 Å². The Hall–Kier alpha value is -3.04. The summed E-state index contributed by atoms with van der Waals surface area (Å²) in [5, 5.41) is 21.9. The van der Waals surface area contributed by atoms with Crippen LogP contribution in [0, 0.1) is 10.1 Å². The van der Waals surface area contributed by atoms with E-state index in [0.717, 1.165) is 17.6 Å². The lowest BCUT2D eigenvalue weighted by Gasteiger charge is -2.28. The maximum atomic E-state index is 13.0. The Balaban J connectivity index is 2.08. The molecule has 0 spiro atoms. The average Bonchev–Trinajstić information content (AvgIpc) is 3.04. The Bertz CT molecular complexity index is 1050. The number of nitro groups is 1. The molecule has 2 aromatic rings. The lowest BCUT2D eigenvalue weighted by atomic mass is 9.95. The van der Waals surface area contributed by atoms with Gasteiger partial charge in [-0.25, -0.2) is 0 Å². The van der Waals surface area contributed by atoms with Crippen LogP contribution in [0.1, 0.15) is 31.0 Å². The van der Waals surface area contributed by atoms with Gasteiger partial charge in [0.1, 0.15) is 5.76 Å². The number of non-ortho nitro benzene ring substituents is 1. The molecule has 8 nitrogen and oxygen atoms in total. The molecule has 1 amide bonds. The number of amides is 1. The summed E-state index contributed by atoms with van der Waals surface area (Å²) in [6, 6.07) is 11.7. The second-order valence-corrected chi connectivity index (χ2v) is 8.29. The molecule has 0 aromatic heterocycles. The quantitative estimate of drug-likeness (QED) is 0.192. The van der Waals surface area contributed by atoms with Crippen molar-refractivity contribution in [2.75, 3.05) is 26.2 Å². The largest absolute Gasteiger partial charge is 0.507 e. The summed E-state index contributed by atoms with van der Waals surface area (Å²) in [6.45, 7) is 6.59. The molecule has 0 unspecified atom stereocenters. The molecule has 1 fully saturated rings. The number of rotatable bonds is 8. The average molecular weight is 502 g/mol. The zero-order chi connectivity index (χ0) is 23.4. The van der Waals surface area contributed by atoms with Gasteiger partial charge in [-0.1, -0.05) is 41.9 Å². The van der Waals surface area contributed by atoms with Gasteiger partial charge < -0.3 is 14.9 Å². The van der Waals surface area contributed by atoms with Crippen LogP contribution in [0.3, 0.4) is 0 Å². The van der Waals surface area contributed by atoms with E-state index in [0.29, 0.717) is 18.7 Å². The van der Waals surface area contributed by atoms with Crippen molar-refractivity contribution in [1.29, 1.82) is 0 Å². The van der Waals surface area contributed by atoms with E-state index >= 15 is 0 Å². The minimum absolute atomic E-state index is 0.0225. The number of hydrogen-bond donors (Lipinski definition) is 1. The number of likely N-dealkylation sites (N-methyl/N-ethyl adjacent to an activating group) is 1. The van der Waals surface area contributed by atoms with Gasteiger partial charge in [0, 0.05) is 35.3 Å². The van der Waals surface area contributed by atoms with E-state index in [2.05, 4.69) is 20.8 Å². The first kappa shape index (κ1) is 23.6. The molecule has 168 valence electrons. The number of likely N-dealkylation sites (tertiary alicyclic amines) is 1. The van der Waals surface area contributed by atoms with Crippen molar-refractivity contribution in [3.8, 4) is 0 Å². The number of nitrogens with zero attached hydrogens (tertiary/aromatic N) is 3. The fourth-order valence-electron chi connectivity index (χ4n) is 3.79. The van der Waals surface area contributed by atoms with Crippen LogP contribution < -0.4 is 0 Å². The number of hydrogen-bond acceptors (Lipinski definition) is 6. The lowest BCUT2D eigenvalue weighted by molar-refractivity contribution is -0.384. The number of nitro benzene ring substituents is 1. The van der Waals surface area contributed by atoms with Crippen molar-refractivity contribution in [2.24, 2.45) is 0 Å². The molecule has 1 atom stereocenters. The number of carbonyl (C=O) groups is 2. The molecule has 2 aromatic carbocycles. The Kier molecular flexibility index (Phi) is 7.42. The molecule has 32 heavy (non-hydrogen) atoms. The molecular formula is C23H24BrN3O5. The lowest BCUT2D eigenvalue weighted by Crippen LogP contribution is -2.38. The summed E-state index contributed by atoms with van der Waals surface area (Å²) in [5.41, 5.74) is 0.770. The van der Waals surface area contributed by atoms with E-state index in [4.69, 9.17) is 0 Å². The van der Waals surface area contributed by atoms with Gasteiger partial charge >= 0.3 is 0 Å². The van der Waals surface area contributed by atoms with Crippen molar-refractivity contribution in [1.82, 2.24) is 9.80 Å². The summed E-state index contributed by atoms with van der Waals surface area (Å²) < 4.78 is 0.844. The second-order valence-electron chi connectivity index (χ2n) is 7.37. The van der Waals surface area contributed by atoms with Gasteiger partial charge in [0.25, 0.3) is 17.4 Å². The number of carbonyl (C=O) groups excluding carboxylic acids is 2. The normalized spacial score (nSPS) is 17.9. The van der Waals surface area contributed by atoms with Crippen LogP contribution in [0.5, 0.6) is 0 Å². The summed E-state index contributed by atoms with van der Waals surface area (Å²) in [4.78, 5) is 40.0. The topological polar surface area (TPSA) is 104 Å². The fourth-order valence-corrected chi connectivity index (χ4v) is 4.05. The molecule has 1 aliphatic heterocycles. The zero-order valence-corrected chi connectivity index (χ0v) is 19.4. The first-order valence-electron chi connectivity index (χ1n) is 10.3. The highest BCUT2D eigenvalue weighted by Gasteiger charge is 2.45. The maximum absolute atomic E-state index is 13.0. The van der Waals surface area contributed by atoms with E-state index in [1.165, 1.54) is 29.2 Å². The molecule has 0 saturated carbocycles. The van der Waals surface area contributed by atoms with E-state index < -0.39 is 22.7 Å². The molecule has 0 radical (unpaired) electrons. The van der Waals surface area contributed by atoms with Gasteiger partial charge in [-0.3, -0.25) is 19.7 Å². The Morgan fingerprint density at radius 3 is 2.22 bits per heavy atom. The zero-order valence-electron chi connectivity index (χ0n) is 17.8. The smallest absolute Gasteiger partial charge is 0.295 e. The van der Waals surface area contributed by atoms with Crippen LogP contribution in [0.2, 0.25) is 0 Å². The molecule has 1 saturated heterocycles. The predicted octanol–water partition coefficient (Wildman–Crippen LogP) is 4.12. The number of halogens is 1. The predicted molar refractivity (Wildman–Crippen MR) is 124 cm³/mol. The highest BCUT2D eigenvalue weighted by molar-refractivity contribution is 9.10. The SMILES string of the molecule is CCN(CC)CCN1C(=O)C(=O)/C(=C(/O)c2ccc([N+](=O)[O-])cc2)[C@@H]1c1ccc(Br)cc1. The van der Waals surface area contributed by atoms with E-state index in [1.807, 2.05) is 26.0 Å². The highest BCUT2D eigenvalue weighted by atomic mass is 79.9. The van der Waals surface area contributed by atoms with Gasteiger partial charge in [0.05, 0.1) is 16.5 Å². The second kappa shape index (κ2) is 10.1. The standard InChI is InChI=1S/C23H24BrN3O5/c1-3-25(4-2)13-14-26-20(15-5-9-17(24)10-6-15)19(22(29)23(26)30)21(28)16-7-11-18(12-8-16)27(31)32/h5-12,20,28H,3-4,13-14H2,1-2H3/b21-19+/t20-/m0/s1. The van der Waals surface area contributed by atoms with Gasteiger partial charge in [-0.2, -0.15) is 0 Å². The summed E-state index contributed by atoms with van der Waals surface area (Å²) >= 11 is 3.39. The molecule has 9 heteroatoms. The molecule has 1 N–H and O–H groups in total. The van der Waals surface area contributed by atoms with Crippen molar-refractivity contribution >= 4 is 39.1 Å². The van der Waals surface area contributed by atoms with Gasteiger partial charge in [-0.05, 0) is 42.9 Å². The summed E-state index contributed by atoms with van der Waals surface area (Å²) in [6.07, 6.45) is 0. The van der Waals surface area contributed by atoms with Gasteiger partial charge in [-0.15, -0.1) is 0 Å². The first-order valence-corrected chi connectivity index (χ1v) is 11.1. The Morgan fingerprint density at radius 2 is 1.69 bits per heavy atom. The van der Waals surface area contributed by atoms with Crippen LogP contribution in [0.15, 0.2) is 58.6 Å². The number of aliphatic hydroxyl groups is 1. The Labute approximate surface area is 194 Å². The van der Waals surface area contributed by atoms with Crippen LogP contribution in [-0.4, -0.2) is 57.7 Å². The maximum Gasteiger partial charge on any atom is 0.295 e. The number of aliphatic hydroxyl groups excluding tert-OH is 1. The third-order valence-corrected chi connectivity index (χ3v) is 6.16. The number of Topliss-reactive ketones (excluding diaryl/α,β-unsaturated/α-hetero) is 1. The molecule has 1 heterocycles. The van der Waals surface area contributed by atoms with Gasteiger partial charge in [0.2, 0.25) is 0 Å². The third-order valence-electron chi connectivity index (χ3n) is 5.63. The third kappa shape index (κ3) is 4.73. The first-order chi connectivity index (χ1) is 15.3. The minimum Gasteiger partial charge on any atom is -0.507 e. The van der Waals surface area contributed by atoms with Crippen molar-refractivity contribution in [3.05, 3.63) is 79.8 Å². The minimum atomic E-state index is -0.770. The molecule has 3 rings (SSSR count). The van der Waals surface area contributed by atoms with E-state index in [9.17, 15) is 24.8 Å². The number of ketones is 1. The molecule has 0 aliphatic carbocycles. The van der Waals surface area contributed by atoms with E-state index in [-0.39, 0.29) is 22.6 Å². The van der Waals surface area contributed by atoms with Crippen LogP contribution in [0.4, 0.5) is 5.69 Å². The van der Waals surface area contributed by atoms with Crippen LogP contribution in [-0.2, 0) is 9.59 Å². The summed E-state index contributed by atoms with van der Waals surface area (Å²) in [5.74, 6) is -1.79. The van der Waals surface area contributed by atoms with Crippen LogP contribution in [0.25, 0.3) is 5.76 Å². The van der Waals surface area contributed by atoms with E-state index in [1.54, 1.807) is 12.1 Å². The van der Waals surface area contributed by atoms with Crippen molar-refractivity contribution in [2.45, 2.75) is 19.9 Å². The highest BCUT2D eigenvalue weighted by Crippen LogP contribution is 2.39. The molecule has 0 bridgehead atoms. The van der Waals surface area contributed by atoms with Gasteiger partial charge in [0.15, 0.2) is 0 Å². The van der Waals surface area contributed by atoms with Crippen molar-refractivity contribution < 1.29 is 19.6 Å². The fraction of sp³-hybridized carbons (Fsp3) is 0.304. The molecule has 1 aliphatic rings. The molecular weight excluding hydrogens is 478 g/mol. The van der Waals surface area contributed by atoms with Crippen molar-refractivity contribution in [3.63, 3.8) is 0 Å².